The number of unbranched alkanes of at least 4 members (excludes halogenated alkanes) is 4. The molecule has 0 aromatic heterocycles. The average Bonchev–Trinajstić information content (AvgIpc) is 2.33. The Balaban J connectivity index is 0.000000921. The molecule has 1 saturated heterocycles. The van der Waals surface area contributed by atoms with Gasteiger partial charge in [-0.3, -0.25) is 4.90 Å². The van der Waals surface area contributed by atoms with Gasteiger partial charge in [-0.25, -0.2) is 0 Å². The highest BCUT2D eigenvalue weighted by Crippen LogP contribution is 2.05. The van der Waals surface area contributed by atoms with E-state index in [1.807, 2.05) is 13.8 Å². The molecular weight excluding hydrogens is 186 g/mol. The highest BCUT2D eigenvalue weighted by atomic mass is 16.5. The van der Waals surface area contributed by atoms with Crippen molar-refractivity contribution in [1.82, 2.24) is 4.90 Å². The lowest BCUT2D eigenvalue weighted by molar-refractivity contribution is 0.0371. The van der Waals surface area contributed by atoms with E-state index in [-0.39, 0.29) is 0 Å². The van der Waals surface area contributed by atoms with E-state index in [4.69, 9.17) is 4.74 Å². The monoisotopic (exact) mass is 215 g/mol. The summed E-state index contributed by atoms with van der Waals surface area (Å²) in [5.74, 6) is 0. The Kier molecular flexibility index (Phi) is 11.9. The molecule has 1 rings (SSSR count). The number of morpholine rings is 1. The third kappa shape index (κ3) is 8.88. The van der Waals surface area contributed by atoms with Gasteiger partial charge in [0.15, 0.2) is 0 Å². The van der Waals surface area contributed by atoms with Crippen molar-refractivity contribution in [2.45, 2.75) is 52.9 Å². The second-order valence-corrected chi connectivity index (χ2v) is 3.87. The molecule has 0 aliphatic carbocycles. The van der Waals surface area contributed by atoms with Gasteiger partial charge >= 0.3 is 0 Å². The number of hydrogen-bond donors (Lipinski definition) is 0. The first kappa shape index (κ1) is 14.9. The maximum atomic E-state index is 5.30. The second-order valence-electron chi connectivity index (χ2n) is 3.87. The van der Waals surface area contributed by atoms with Gasteiger partial charge in [-0.15, -0.1) is 0 Å². The van der Waals surface area contributed by atoms with Gasteiger partial charge in [-0.1, -0.05) is 46.5 Å². The largest absolute Gasteiger partial charge is 0.379 e. The van der Waals surface area contributed by atoms with Crippen LogP contribution in [-0.4, -0.2) is 37.7 Å². The van der Waals surface area contributed by atoms with Gasteiger partial charge in [-0.2, -0.15) is 0 Å². The first-order valence-corrected chi connectivity index (χ1v) is 6.73. The third-order valence-corrected chi connectivity index (χ3v) is 2.68. The molecule has 1 heterocycles. The Bertz CT molecular complexity index is 111. The zero-order chi connectivity index (χ0) is 11.4. The zero-order valence-electron chi connectivity index (χ0n) is 10.9. The molecule has 0 saturated carbocycles. The van der Waals surface area contributed by atoms with Gasteiger partial charge in [-0.05, 0) is 13.0 Å². The van der Waals surface area contributed by atoms with Crippen molar-refractivity contribution in [3.8, 4) is 0 Å². The zero-order valence-corrected chi connectivity index (χ0v) is 10.9. The maximum Gasteiger partial charge on any atom is 0.0594 e. The topological polar surface area (TPSA) is 12.5 Å². The Morgan fingerprint density at radius 1 is 0.933 bits per heavy atom. The summed E-state index contributed by atoms with van der Waals surface area (Å²) < 4.78 is 5.30. The molecule has 0 aromatic carbocycles. The molecule has 2 nitrogen and oxygen atoms in total. The predicted octanol–water partition coefficient (Wildman–Crippen LogP) is 3.32. The summed E-state index contributed by atoms with van der Waals surface area (Å²) in [4.78, 5) is 2.52. The Morgan fingerprint density at radius 2 is 1.53 bits per heavy atom. The van der Waals surface area contributed by atoms with Crippen LogP contribution in [0.5, 0.6) is 0 Å². The normalized spacial score (nSPS) is 17.0. The molecule has 0 atom stereocenters. The molecule has 0 spiro atoms. The summed E-state index contributed by atoms with van der Waals surface area (Å²) in [5.41, 5.74) is 0. The molecule has 1 fully saturated rings. The van der Waals surface area contributed by atoms with E-state index in [9.17, 15) is 0 Å². The summed E-state index contributed by atoms with van der Waals surface area (Å²) in [6, 6.07) is 0. The van der Waals surface area contributed by atoms with Crippen LogP contribution < -0.4 is 0 Å². The van der Waals surface area contributed by atoms with Gasteiger partial charge in [0.2, 0.25) is 0 Å². The third-order valence-electron chi connectivity index (χ3n) is 2.68. The van der Waals surface area contributed by atoms with Gasteiger partial charge in [0, 0.05) is 13.1 Å². The van der Waals surface area contributed by atoms with E-state index in [1.54, 1.807) is 0 Å². The Labute approximate surface area is 96.0 Å². The van der Waals surface area contributed by atoms with Crippen molar-refractivity contribution in [3.63, 3.8) is 0 Å². The van der Waals surface area contributed by atoms with Gasteiger partial charge < -0.3 is 4.74 Å². The SMILES string of the molecule is CC.CCCCCCCN1CCOCC1. The van der Waals surface area contributed by atoms with Crippen molar-refractivity contribution >= 4 is 0 Å². The number of hydrogen-bond acceptors (Lipinski definition) is 2. The van der Waals surface area contributed by atoms with Crippen LogP contribution in [0.15, 0.2) is 0 Å². The highest BCUT2D eigenvalue weighted by molar-refractivity contribution is 4.61. The Hall–Kier alpha value is -0.0800. The van der Waals surface area contributed by atoms with Crippen LogP contribution in [0.4, 0.5) is 0 Å². The minimum Gasteiger partial charge on any atom is -0.379 e. The van der Waals surface area contributed by atoms with E-state index < -0.39 is 0 Å². The summed E-state index contributed by atoms with van der Waals surface area (Å²) in [5, 5.41) is 0. The van der Waals surface area contributed by atoms with Crippen molar-refractivity contribution in [1.29, 1.82) is 0 Å². The van der Waals surface area contributed by atoms with E-state index >= 15 is 0 Å². The molecule has 0 amide bonds. The second kappa shape index (κ2) is 12.0. The maximum absolute atomic E-state index is 5.30. The first-order valence-electron chi connectivity index (χ1n) is 6.73. The highest BCUT2D eigenvalue weighted by Gasteiger charge is 2.08. The molecular formula is C13H29NO. The van der Waals surface area contributed by atoms with Crippen molar-refractivity contribution in [2.24, 2.45) is 0 Å². The van der Waals surface area contributed by atoms with Crippen LogP contribution in [0.2, 0.25) is 0 Å². The fourth-order valence-corrected chi connectivity index (χ4v) is 1.76. The minimum atomic E-state index is 0.939. The summed E-state index contributed by atoms with van der Waals surface area (Å²) >= 11 is 0. The minimum absolute atomic E-state index is 0.939. The van der Waals surface area contributed by atoms with E-state index in [0.29, 0.717) is 0 Å². The van der Waals surface area contributed by atoms with Crippen LogP contribution in [0.1, 0.15) is 52.9 Å². The lowest BCUT2D eigenvalue weighted by Crippen LogP contribution is -2.36. The summed E-state index contributed by atoms with van der Waals surface area (Å²) in [7, 11) is 0. The van der Waals surface area contributed by atoms with Crippen LogP contribution in [-0.2, 0) is 4.74 Å². The lowest BCUT2D eigenvalue weighted by atomic mass is 10.1. The van der Waals surface area contributed by atoms with Gasteiger partial charge in [0.05, 0.1) is 13.2 Å². The molecule has 1 aliphatic rings. The van der Waals surface area contributed by atoms with Crippen molar-refractivity contribution in [3.05, 3.63) is 0 Å². The fourth-order valence-electron chi connectivity index (χ4n) is 1.76. The lowest BCUT2D eigenvalue weighted by Gasteiger charge is -2.26. The van der Waals surface area contributed by atoms with Crippen molar-refractivity contribution < 1.29 is 4.74 Å². The average molecular weight is 215 g/mol. The quantitative estimate of drug-likeness (QED) is 0.630. The van der Waals surface area contributed by atoms with Crippen LogP contribution >= 0.6 is 0 Å². The number of rotatable bonds is 6. The van der Waals surface area contributed by atoms with Gasteiger partial charge in [0.1, 0.15) is 0 Å². The molecule has 0 bridgehead atoms. The predicted molar refractivity (Wildman–Crippen MR) is 67.4 cm³/mol. The molecule has 1 aliphatic heterocycles. The van der Waals surface area contributed by atoms with E-state index in [1.165, 1.54) is 38.6 Å². The van der Waals surface area contributed by atoms with Crippen LogP contribution in [0.25, 0.3) is 0 Å². The fraction of sp³-hybridized carbons (Fsp3) is 1.00. The van der Waals surface area contributed by atoms with Crippen LogP contribution in [0.3, 0.4) is 0 Å². The van der Waals surface area contributed by atoms with E-state index in [0.717, 1.165) is 26.3 Å². The molecule has 0 unspecified atom stereocenters. The summed E-state index contributed by atoms with van der Waals surface area (Å²) in [6.07, 6.45) is 6.95. The molecule has 15 heavy (non-hydrogen) atoms. The van der Waals surface area contributed by atoms with E-state index in [2.05, 4.69) is 11.8 Å². The molecule has 0 radical (unpaired) electrons. The first-order chi connectivity index (χ1) is 7.43. The number of ether oxygens (including phenoxy) is 1. The number of nitrogens with zero attached hydrogens (tertiary/aromatic N) is 1. The van der Waals surface area contributed by atoms with Crippen molar-refractivity contribution in [2.75, 3.05) is 32.8 Å². The smallest absolute Gasteiger partial charge is 0.0594 e. The van der Waals surface area contributed by atoms with Gasteiger partial charge in [0.25, 0.3) is 0 Å². The molecule has 92 valence electrons. The Morgan fingerprint density at radius 3 is 2.13 bits per heavy atom. The van der Waals surface area contributed by atoms with Crippen LogP contribution in [0, 0.1) is 0 Å². The molecule has 0 aromatic rings. The standard InChI is InChI=1S/C11H23NO.C2H6/c1-2-3-4-5-6-7-12-8-10-13-11-9-12;1-2/h2-11H2,1H3;1-2H3. The molecule has 0 N–H and O–H groups in total. The molecule has 2 heteroatoms. The summed E-state index contributed by atoms with van der Waals surface area (Å²) in [6.45, 7) is 11.7.